The monoisotopic (exact) mass is 546 g/mol. The maximum absolute atomic E-state index is 14.0. The number of carbonyl (C=O) groups is 2. The minimum atomic E-state index is -2.33. The topological polar surface area (TPSA) is 61.8 Å². The van der Waals surface area contributed by atoms with Crippen LogP contribution in [-0.4, -0.2) is 40.3 Å². The lowest BCUT2D eigenvalue weighted by Gasteiger charge is -2.41. The van der Waals surface area contributed by atoms with Crippen molar-refractivity contribution in [2.75, 3.05) is 13.2 Å². The van der Waals surface area contributed by atoms with Crippen LogP contribution in [0.2, 0.25) is 0 Å². The number of esters is 2. The number of ether oxygens (including phenoxy) is 2. The summed E-state index contributed by atoms with van der Waals surface area (Å²) in [4.78, 5) is 28.0. The smallest absolute Gasteiger partial charge is 0.326 e. The Morgan fingerprint density at radius 3 is 1.56 bits per heavy atom. The van der Waals surface area contributed by atoms with Gasteiger partial charge in [0.25, 0.3) is 0 Å². The van der Waals surface area contributed by atoms with Gasteiger partial charge in [-0.15, -0.1) is 0 Å². The molecule has 3 aromatic rings. The molecule has 0 N–H and O–H groups in total. The van der Waals surface area contributed by atoms with Crippen molar-refractivity contribution in [1.29, 1.82) is 0 Å². The van der Waals surface area contributed by atoms with E-state index >= 15 is 0 Å². The van der Waals surface area contributed by atoms with E-state index in [1.807, 2.05) is 66.7 Å². The van der Waals surface area contributed by atoms with E-state index in [0.29, 0.717) is 12.8 Å². The Bertz CT molecular complexity index is 1100. The van der Waals surface area contributed by atoms with E-state index in [4.69, 9.17) is 13.9 Å². The second-order valence-corrected chi connectivity index (χ2v) is 13.4. The van der Waals surface area contributed by atoms with Gasteiger partial charge in [0.15, 0.2) is 5.41 Å². The lowest BCUT2D eigenvalue weighted by Crippen LogP contribution is -2.58. The summed E-state index contributed by atoms with van der Waals surface area (Å²) in [6.07, 6.45) is 0.449. The first-order valence-corrected chi connectivity index (χ1v) is 15.5. The van der Waals surface area contributed by atoms with Crippen molar-refractivity contribution in [2.45, 2.75) is 60.0 Å². The summed E-state index contributed by atoms with van der Waals surface area (Å²) in [5.41, 5.74) is -0.831. The summed E-state index contributed by atoms with van der Waals surface area (Å²) in [5, 5.41) is 2.15. The molecular formula is C33H42O5Si. The highest BCUT2D eigenvalue weighted by molar-refractivity contribution is 6.80. The molecule has 6 heteroatoms. The Kier molecular flexibility index (Phi) is 11.1. The normalized spacial score (nSPS) is 12.7. The molecule has 1 unspecified atom stereocenters. The number of hydrogen-bond donors (Lipinski definition) is 0. The molecule has 39 heavy (non-hydrogen) atoms. The third kappa shape index (κ3) is 8.13. The zero-order valence-corrected chi connectivity index (χ0v) is 25.0. The fourth-order valence-corrected chi connectivity index (χ4v) is 7.38. The Labute approximate surface area is 235 Å². The Balaban J connectivity index is 2.19. The lowest BCUT2D eigenvalue weighted by atomic mass is 9.71. The molecule has 0 aliphatic carbocycles. The third-order valence-corrected chi connectivity index (χ3v) is 9.36. The Morgan fingerprint density at radius 1 is 0.718 bits per heavy atom. The molecule has 0 saturated carbocycles. The van der Waals surface area contributed by atoms with Crippen LogP contribution in [0.1, 0.15) is 53.0 Å². The second kappa shape index (κ2) is 14.2. The van der Waals surface area contributed by atoms with Gasteiger partial charge in [-0.1, -0.05) is 112 Å². The van der Waals surface area contributed by atoms with Crippen molar-refractivity contribution < 1.29 is 23.5 Å². The lowest BCUT2D eigenvalue weighted by molar-refractivity contribution is -0.182. The standard InChI is InChI=1S/C33H42O5Si/c1-6-36-30(34)33(31(35)37-7-2,24-23-26-17-11-8-12-18-26)29(25-32(3,4)5)38-39(27-19-13-9-14-20-27)28-21-15-10-16-22-28/h8-22,29,39H,6-7,23-25H2,1-5H3. The quantitative estimate of drug-likeness (QED) is 0.170. The zero-order chi connectivity index (χ0) is 28.3. The molecule has 0 saturated heterocycles. The fourth-order valence-electron chi connectivity index (χ4n) is 4.88. The SMILES string of the molecule is CCOC(=O)C(CCc1ccccc1)(C(=O)OCC)C(CC(C)(C)C)O[SiH](c1ccccc1)c1ccccc1. The number of benzene rings is 3. The van der Waals surface area contributed by atoms with Crippen molar-refractivity contribution >= 4 is 31.4 Å². The van der Waals surface area contributed by atoms with Crippen LogP contribution in [0.5, 0.6) is 0 Å². The molecule has 0 aromatic heterocycles. The van der Waals surface area contributed by atoms with E-state index in [1.165, 1.54) is 0 Å². The van der Waals surface area contributed by atoms with Crippen molar-refractivity contribution in [2.24, 2.45) is 10.8 Å². The van der Waals surface area contributed by atoms with Crippen LogP contribution >= 0.6 is 0 Å². The molecule has 0 aliphatic heterocycles. The summed E-state index contributed by atoms with van der Waals surface area (Å²) in [6.45, 7) is 10.1. The molecule has 0 heterocycles. The molecule has 3 rings (SSSR count). The first kappa shape index (κ1) is 30.3. The molecule has 0 radical (unpaired) electrons. The average molecular weight is 547 g/mol. The van der Waals surface area contributed by atoms with E-state index in [2.05, 4.69) is 45.0 Å². The number of hydrogen-bond acceptors (Lipinski definition) is 5. The van der Waals surface area contributed by atoms with Gasteiger partial charge in [0.2, 0.25) is 9.04 Å². The van der Waals surface area contributed by atoms with E-state index in [0.717, 1.165) is 15.9 Å². The van der Waals surface area contributed by atoms with Crippen molar-refractivity contribution in [3.05, 3.63) is 96.6 Å². The highest BCUT2D eigenvalue weighted by atomic mass is 28.3. The van der Waals surface area contributed by atoms with Gasteiger partial charge in [0.05, 0.1) is 19.3 Å². The molecule has 1 atom stereocenters. The van der Waals surface area contributed by atoms with Crippen molar-refractivity contribution in [1.82, 2.24) is 0 Å². The maximum atomic E-state index is 14.0. The van der Waals surface area contributed by atoms with Gasteiger partial charge in [-0.3, -0.25) is 9.59 Å². The molecule has 0 spiro atoms. The minimum Gasteiger partial charge on any atom is -0.465 e. The number of aryl methyl sites for hydroxylation is 1. The van der Waals surface area contributed by atoms with Gasteiger partial charge >= 0.3 is 11.9 Å². The van der Waals surface area contributed by atoms with Crippen molar-refractivity contribution in [3.8, 4) is 0 Å². The van der Waals surface area contributed by atoms with Crippen LogP contribution in [0.4, 0.5) is 0 Å². The van der Waals surface area contributed by atoms with Gasteiger partial charge in [0.1, 0.15) is 0 Å². The first-order chi connectivity index (χ1) is 18.7. The zero-order valence-electron chi connectivity index (χ0n) is 23.9. The first-order valence-electron chi connectivity index (χ1n) is 13.8. The molecule has 0 amide bonds. The minimum absolute atomic E-state index is 0.159. The highest BCUT2D eigenvalue weighted by Gasteiger charge is 2.56. The van der Waals surface area contributed by atoms with Gasteiger partial charge in [0, 0.05) is 0 Å². The number of rotatable bonds is 13. The maximum Gasteiger partial charge on any atom is 0.326 e. The molecule has 3 aromatic carbocycles. The van der Waals surface area contributed by atoms with Crippen LogP contribution in [0.3, 0.4) is 0 Å². The van der Waals surface area contributed by atoms with Crippen LogP contribution in [0.25, 0.3) is 0 Å². The summed E-state index contributed by atoms with van der Waals surface area (Å²) in [7, 11) is -2.33. The Hall–Kier alpha value is -3.22. The average Bonchev–Trinajstić information content (AvgIpc) is 2.93. The summed E-state index contributed by atoms with van der Waals surface area (Å²) in [6, 6.07) is 30.1. The van der Waals surface area contributed by atoms with Crippen LogP contribution < -0.4 is 10.4 Å². The summed E-state index contributed by atoms with van der Waals surface area (Å²) >= 11 is 0. The van der Waals surface area contributed by atoms with Gasteiger partial charge in [-0.05, 0) is 54.5 Å². The second-order valence-electron chi connectivity index (χ2n) is 11.0. The summed E-state index contributed by atoms with van der Waals surface area (Å²) in [5.74, 6) is -1.16. The number of carbonyl (C=O) groups excluding carboxylic acids is 2. The molecule has 0 aliphatic rings. The molecule has 0 bridgehead atoms. The van der Waals surface area contributed by atoms with Crippen molar-refractivity contribution in [3.63, 3.8) is 0 Å². The molecule has 5 nitrogen and oxygen atoms in total. The molecule has 208 valence electrons. The van der Waals surface area contributed by atoms with E-state index in [1.54, 1.807) is 13.8 Å². The van der Waals surface area contributed by atoms with Gasteiger partial charge < -0.3 is 13.9 Å². The molecular weight excluding hydrogens is 504 g/mol. The molecule has 0 fully saturated rings. The summed E-state index contributed by atoms with van der Waals surface area (Å²) < 4.78 is 18.4. The predicted octanol–water partition coefficient (Wildman–Crippen LogP) is 5.09. The van der Waals surface area contributed by atoms with E-state index < -0.39 is 32.5 Å². The predicted molar refractivity (Wildman–Crippen MR) is 159 cm³/mol. The largest absolute Gasteiger partial charge is 0.465 e. The fraction of sp³-hybridized carbons (Fsp3) is 0.394. The van der Waals surface area contributed by atoms with Crippen LogP contribution in [-0.2, 0) is 29.9 Å². The van der Waals surface area contributed by atoms with E-state index in [-0.39, 0.29) is 25.0 Å². The van der Waals surface area contributed by atoms with Crippen LogP contribution in [0.15, 0.2) is 91.0 Å². The van der Waals surface area contributed by atoms with Crippen LogP contribution in [0, 0.1) is 10.8 Å². The third-order valence-electron chi connectivity index (χ3n) is 6.78. The highest BCUT2D eigenvalue weighted by Crippen LogP contribution is 2.40. The van der Waals surface area contributed by atoms with E-state index in [9.17, 15) is 9.59 Å². The van der Waals surface area contributed by atoms with Gasteiger partial charge in [-0.25, -0.2) is 0 Å². The Morgan fingerprint density at radius 2 is 1.15 bits per heavy atom. The van der Waals surface area contributed by atoms with Gasteiger partial charge in [-0.2, -0.15) is 0 Å².